The van der Waals surface area contributed by atoms with E-state index in [0.717, 1.165) is 37.5 Å². The lowest BCUT2D eigenvalue weighted by Gasteiger charge is -2.27. The van der Waals surface area contributed by atoms with Gasteiger partial charge in [0.2, 0.25) is 0 Å². The van der Waals surface area contributed by atoms with Crippen molar-refractivity contribution in [2.24, 2.45) is 0 Å². The first-order valence-corrected chi connectivity index (χ1v) is 7.28. The Morgan fingerprint density at radius 1 is 1.41 bits per heavy atom. The zero-order valence-corrected chi connectivity index (χ0v) is 10.9. The Bertz CT molecular complexity index is 389. The molecule has 4 heteroatoms. The van der Waals surface area contributed by atoms with Crippen LogP contribution in [0.5, 0.6) is 0 Å². The van der Waals surface area contributed by atoms with Crippen molar-refractivity contribution < 1.29 is 4.79 Å². The van der Waals surface area contributed by atoms with Crippen LogP contribution >= 0.6 is 11.8 Å². The number of carbonyl (C=O) groups is 1. The fourth-order valence-corrected chi connectivity index (χ4v) is 2.52. The smallest absolute Gasteiger partial charge is 0.253 e. The highest BCUT2D eigenvalue weighted by Gasteiger charge is 2.17. The predicted molar refractivity (Wildman–Crippen MR) is 72.4 cm³/mol. The van der Waals surface area contributed by atoms with Crippen LogP contribution in [0.15, 0.2) is 24.3 Å². The predicted octanol–water partition coefficient (Wildman–Crippen LogP) is 1.60. The van der Waals surface area contributed by atoms with E-state index in [2.05, 4.69) is 17.6 Å². The van der Waals surface area contributed by atoms with Crippen LogP contribution in [0.2, 0.25) is 0 Å². The molecule has 0 aromatic heterocycles. The SMILES string of the molecule is CSCc1cccc(C(=O)N2CCNCC2)c1. The van der Waals surface area contributed by atoms with Crippen molar-refractivity contribution in [3.8, 4) is 0 Å². The van der Waals surface area contributed by atoms with Gasteiger partial charge in [0.15, 0.2) is 0 Å². The van der Waals surface area contributed by atoms with E-state index in [0.29, 0.717) is 0 Å². The Morgan fingerprint density at radius 3 is 2.88 bits per heavy atom. The standard InChI is InChI=1S/C13H18N2OS/c1-17-10-11-3-2-4-12(9-11)13(16)15-7-5-14-6-8-15/h2-4,9,14H,5-8,10H2,1H3. The van der Waals surface area contributed by atoms with Crippen molar-refractivity contribution in [2.45, 2.75) is 5.75 Å². The van der Waals surface area contributed by atoms with Crippen molar-refractivity contribution in [2.75, 3.05) is 32.4 Å². The second kappa shape index (κ2) is 6.07. The summed E-state index contributed by atoms with van der Waals surface area (Å²) in [6.45, 7) is 3.42. The molecule has 1 aliphatic rings. The molecule has 0 radical (unpaired) electrons. The van der Waals surface area contributed by atoms with Gasteiger partial charge in [0.1, 0.15) is 0 Å². The number of hydrogen-bond donors (Lipinski definition) is 1. The minimum absolute atomic E-state index is 0.162. The lowest BCUT2D eigenvalue weighted by molar-refractivity contribution is 0.0735. The van der Waals surface area contributed by atoms with E-state index in [1.54, 1.807) is 11.8 Å². The van der Waals surface area contributed by atoms with Crippen LogP contribution in [0.25, 0.3) is 0 Å². The molecular weight excluding hydrogens is 232 g/mol. The number of nitrogens with zero attached hydrogens (tertiary/aromatic N) is 1. The van der Waals surface area contributed by atoms with Gasteiger partial charge in [-0.2, -0.15) is 11.8 Å². The second-order valence-corrected chi connectivity index (χ2v) is 5.04. The Morgan fingerprint density at radius 2 is 2.18 bits per heavy atom. The van der Waals surface area contributed by atoms with Crippen molar-refractivity contribution in [1.82, 2.24) is 10.2 Å². The number of thioether (sulfide) groups is 1. The third-order valence-corrected chi connectivity index (χ3v) is 3.51. The highest BCUT2D eigenvalue weighted by Crippen LogP contribution is 2.13. The molecule has 1 fully saturated rings. The monoisotopic (exact) mass is 250 g/mol. The molecule has 1 aromatic carbocycles. The minimum atomic E-state index is 0.162. The van der Waals surface area contributed by atoms with E-state index in [4.69, 9.17) is 0 Å². The first-order valence-electron chi connectivity index (χ1n) is 5.89. The summed E-state index contributed by atoms with van der Waals surface area (Å²) >= 11 is 1.78. The molecule has 1 aliphatic heterocycles. The number of piperazine rings is 1. The number of rotatable bonds is 3. The molecular formula is C13H18N2OS. The molecule has 2 rings (SSSR count). The van der Waals surface area contributed by atoms with Gasteiger partial charge in [0, 0.05) is 37.5 Å². The fraction of sp³-hybridized carbons (Fsp3) is 0.462. The number of hydrogen-bond acceptors (Lipinski definition) is 3. The van der Waals surface area contributed by atoms with E-state index in [-0.39, 0.29) is 5.91 Å². The Hall–Kier alpha value is -1.00. The van der Waals surface area contributed by atoms with Gasteiger partial charge in [0.05, 0.1) is 0 Å². The molecule has 0 saturated carbocycles. The molecule has 17 heavy (non-hydrogen) atoms. The zero-order chi connectivity index (χ0) is 12.1. The van der Waals surface area contributed by atoms with Crippen LogP contribution in [-0.4, -0.2) is 43.2 Å². The number of nitrogens with one attached hydrogen (secondary N) is 1. The lowest BCUT2D eigenvalue weighted by Crippen LogP contribution is -2.46. The molecule has 0 unspecified atom stereocenters. The second-order valence-electron chi connectivity index (χ2n) is 4.18. The maximum atomic E-state index is 12.2. The molecule has 0 bridgehead atoms. The maximum Gasteiger partial charge on any atom is 0.253 e. The molecule has 3 nitrogen and oxygen atoms in total. The summed E-state index contributed by atoms with van der Waals surface area (Å²) in [7, 11) is 0. The molecule has 1 amide bonds. The first-order chi connectivity index (χ1) is 8.31. The highest BCUT2D eigenvalue weighted by atomic mass is 32.2. The zero-order valence-electron chi connectivity index (χ0n) is 10.1. The Labute approximate surface area is 107 Å². The molecule has 1 N–H and O–H groups in total. The van der Waals surface area contributed by atoms with E-state index in [1.165, 1.54) is 5.56 Å². The van der Waals surface area contributed by atoms with Crippen LogP contribution in [0, 0.1) is 0 Å². The van der Waals surface area contributed by atoms with Crippen molar-refractivity contribution >= 4 is 17.7 Å². The van der Waals surface area contributed by atoms with Crippen molar-refractivity contribution in [3.05, 3.63) is 35.4 Å². The Kier molecular flexibility index (Phi) is 4.45. The van der Waals surface area contributed by atoms with Crippen molar-refractivity contribution in [1.29, 1.82) is 0 Å². The number of benzene rings is 1. The van der Waals surface area contributed by atoms with Crippen molar-refractivity contribution in [3.63, 3.8) is 0 Å². The summed E-state index contributed by atoms with van der Waals surface area (Å²) in [5.74, 6) is 1.12. The van der Waals surface area contributed by atoms with Crippen LogP contribution in [0.4, 0.5) is 0 Å². The van der Waals surface area contributed by atoms with Gasteiger partial charge in [-0.3, -0.25) is 4.79 Å². The average molecular weight is 250 g/mol. The quantitative estimate of drug-likeness (QED) is 0.884. The molecule has 1 aromatic rings. The largest absolute Gasteiger partial charge is 0.336 e. The van der Waals surface area contributed by atoms with Crippen LogP contribution in [-0.2, 0) is 5.75 Å². The molecule has 92 valence electrons. The molecule has 1 saturated heterocycles. The molecule has 0 spiro atoms. The van der Waals surface area contributed by atoms with Gasteiger partial charge >= 0.3 is 0 Å². The molecule has 0 atom stereocenters. The Balaban J connectivity index is 2.09. The van der Waals surface area contributed by atoms with Gasteiger partial charge in [-0.25, -0.2) is 0 Å². The van der Waals surface area contributed by atoms with E-state index >= 15 is 0 Å². The van der Waals surface area contributed by atoms with Crippen LogP contribution < -0.4 is 5.32 Å². The summed E-state index contributed by atoms with van der Waals surface area (Å²) < 4.78 is 0. The van der Waals surface area contributed by atoms with Crippen LogP contribution in [0.1, 0.15) is 15.9 Å². The third-order valence-electron chi connectivity index (χ3n) is 2.89. The third kappa shape index (κ3) is 3.23. The normalized spacial score (nSPS) is 15.9. The summed E-state index contributed by atoms with van der Waals surface area (Å²) in [6, 6.07) is 7.97. The van der Waals surface area contributed by atoms with Gasteiger partial charge in [-0.15, -0.1) is 0 Å². The summed E-state index contributed by atoms with van der Waals surface area (Å²) in [6.07, 6.45) is 2.07. The summed E-state index contributed by atoms with van der Waals surface area (Å²) in [4.78, 5) is 14.2. The van der Waals surface area contributed by atoms with E-state index in [9.17, 15) is 4.79 Å². The van der Waals surface area contributed by atoms with Gasteiger partial charge in [-0.1, -0.05) is 12.1 Å². The summed E-state index contributed by atoms with van der Waals surface area (Å²) in [5, 5.41) is 3.26. The fourth-order valence-electron chi connectivity index (χ4n) is 2.01. The highest BCUT2D eigenvalue weighted by molar-refractivity contribution is 7.97. The average Bonchev–Trinajstić information content (AvgIpc) is 2.40. The van der Waals surface area contributed by atoms with Gasteiger partial charge in [0.25, 0.3) is 5.91 Å². The topological polar surface area (TPSA) is 32.3 Å². The van der Waals surface area contributed by atoms with Crippen LogP contribution in [0.3, 0.4) is 0 Å². The molecule has 1 heterocycles. The van der Waals surface area contributed by atoms with E-state index < -0.39 is 0 Å². The number of carbonyl (C=O) groups excluding carboxylic acids is 1. The molecule has 0 aliphatic carbocycles. The first kappa shape index (κ1) is 12.5. The van der Waals surface area contributed by atoms with Gasteiger partial charge < -0.3 is 10.2 Å². The minimum Gasteiger partial charge on any atom is -0.336 e. The maximum absolute atomic E-state index is 12.2. The summed E-state index contributed by atoms with van der Waals surface area (Å²) in [5.41, 5.74) is 2.04. The van der Waals surface area contributed by atoms with Gasteiger partial charge in [-0.05, 0) is 24.0 Å². The van der Waals surface area contributed by atoms with E-state index in [1.807, 2.05) is 23.1 Å². The number of amides is 1. The lowest BCUT2D eigenvalue weighted by atomic mass is 10.1.